The Kier molecular flexibility index (Phi) is 7.83. The third kappa shape index (κ3) is 6.25. The molecule has 1 amide bonds. The zero-order valence-electron chi connectivity index (χ0n) is 19.9. The van der Waals surface area contributed by atoms with Gasteiger partial charge in [0.05, 0.1) is 12.8 Å². The lowest BCUT2D eigenvalue weighted by molar-refractivity contribution is -0.131. The van der Waals surface area contributed by atoms with E-state index in [9.17, 15) is 4.79 Å². The normalized spacial score (nSPS) is 13.7. The molecule has 186 valence electrons. The van der Waals surface area contributed by atoms with Gasteiger partial charge in [-0.2, -0.15) is 4.37 Å². The smallest absolute Gasteiger partial charge is 0.224 e. The average Bonchev–Trinajstić information content (AvgIpc) is 3.59. The van der Waals surface area contributed by atoms with Gasteiger partial charge < -0.3 is 19.1 Å². The quantitative estimate of drug-likeness (QED) is 0.304. The topological polar surface area (TPSA) is 65.7 Å². The lowest BCUT2D eigenvalue weighted by Gasteiger charge is -2.36. The minimum Gasteiger partial charge on any atom is -0.467 e. The second kappa shape index (κ2) is 11.6. The number of piperazine rings is 1. The summed E-state index contributed by atoms with van der Waals surface area (Å²) < 4.78 is 10.1. The second-order valence-electron chi connectivity index (χ2n) is 8.75. The van der Waals surface area contributed by atoms with Crippen molar-refractivity contribution in [1.29, 1.82) is 0 Å². The maximum absolute atomic E-state index is 13.1. The molecule has 2 aromatic carbocycles. The molecule has 7 nitrogen and oxygen atoms in total. The number of hydrogen-bond acceptors (Lipinski definition) is 7. The van der Waals surface area contributed by atoms with Gasteiger partial charge in [0.25, 0.3) is 0 Å². The highest BCUT2D eigenvalue weighted by Gasteiger charge is 2.23. The van der Waals surface area contributed by atoms with E-state index in [1.165, 1.54) is 17.1 Å². The first-order valence-corrected chi connectivity index (χ1v) is 13.2. The van der Waals surface area contributed by atoms with E-state index >= 15 is 0 Å². The van der Waals surface area contributed by atoms with Crippen LogP contribution in [0.4, 0.5) is 10.8 Å². The standard InChI is InChI=1S/C27H28ClN5O2S/c28-22-8-4-9-23(19-22)31-13-15-32(16-14-31)26(34)11-12-33(20-24-10-5-17-35-24)27-29-25(30-36-27)18-21-6-2-1-3-7-21/h1-10,17,19H,11-16,18,20H2. The first-order valence-electron chi connectivity index (χ1n) is 12.1. The highest BCUT2D eigenvalue weighted by Crippen LogP contribution is 2.23. The number of halogens is 1. The summed E-state index contributed by atoms with van der Waals surface area (Å²) in [7, 11) is 0. The van der Waals surface area contributed by atoms with Gasteiger partial charge >= 0.3 is 0 Å². The third-order valence-electron chi connectivity index (χ3n) is 6.26. The van der Waals surface area contributed by atoms with E-state index in [0.29, 0.717) is 39.0 Å². The van der Waals surface area contributed by atoms with Crippen LogP contribution in [0.25, 0.3) is 0 Å². The number of benzene rings is 2. The van der Waals surface area contributed by atoms with E-state index in [0.717, 1.165) is 40.5 Å². The molecule has 1 aliphatic heterocycles. The van der Waals surface area contributed by atoms with Crippen LogP contribution < -0.4 is 9.80 Å². The van der Waals surface area contributed by atoms with Crippen LogP contribution in [-0.2, 0) is 17.8 Å². The lowest BCUT2D eigenvalue weighted by atomic mass is 10.1. The molecule has 36 heavy (non-hydrogen) atoms. The summed E-state index contributed by atoms with van der Waals surface area (Å²) >= 11 is 7.51. The van der Waals surface area contributed by atoms with Gasteiger partial charge in [0.2, 0.25) is 11.0 Å². The molecule has 0 aliphatic carbocycles. The van der Waals surface area contributed by atoms with Gasteiger partial charge in [-0.15, -0.1) is 0 Å². The average molecular weight is 522 g/mol. The number of hydrogen-bond donors (Lipinski definition) is 0. The largest absolute Gasteiger partial charge is 0.467 e. The molecular weight excluding hydrogens is 494 g/mol. The van der Waals surface area contributed by atoms with Crippen molar-refractivity contribution in [2.45, 2.75) is 19.4 Å². The van der Waals surface area contributed by atoms with Gasteiger partial charge in [-0.25, -0.2) is 4.98 Å². The minimum atomic E-state index is 0.152. The maximum atomic E-state index is 13.1. The van der Waals surface area contributed by atoms with Crippen LogP contribution in [0.1, 0.15) is 23.6 Å². The molecule has 1 aliphatic rings. The van der Waals surface area contributed by atoms with Crippen LogP contribution in [0.3, 0.4) is 0 Å². The number of rotatable bonds is 9. The van der Waals surface area contributed by atoms with Crippen molar-refractivity contribution in [3.8, 4) is 0 Å². The van der Waals surface area contributed by atoms with Crippen molar-refractivity contribution in [3.05, 3.63) is 95.2 Å². The fraction of sp³-hybridized carbons (Fsp3) is 0.296. The fourth-order valence-electron chi connectivity index (χ4n) is 4.33. The van der Waals surface area contributed by atoms with Gasteiger partial charge in [-0.3, -0.25) is 4.79 Å². The number of carbonyl (C=O) groups is 1. The zero-order valence-corrected chi connectivity index (χ0v) is 21.5. The highest BCUT2D eigenvalue weighted by atomic mass is 35.5. The molecular formula is C27H28ClN5O2S. The summed E-state index contributed by atoms with van der Waals surface area (Å²) in [6, 6.07) is 21.9. The maximum Gasteiger partial charge on any atom is 0.224 e. The van der Waals surface area contributed by atoms with Crippen molar-refractivity contribution < 1.29 is 9.21 Å². The molecule has 0 radical (unpaired) electrons. The highest BCUT2D eigenvalue weighted by molar-refractivity contribution is 7.09. The van der Waals surface area contributed by atoms with Gasteiger partial charge in [0.1, 0.15) is 11.6 Å². The van der Waals surface area contributed by atoms with E-state index in [1.807, 2.05) is 53.4 Å². The van der Waals surface area contributed by atoms with E-state index in [4.69, 9.17) is 21.0 Å². The predicted molar refractivity (Wildman–Crippen MR) is 144 cm³/mol. The molecule has 9 heteroatoms. The number of carbonyl (C=O) groups excluding carboxylic acids is 1. The van der Waals surface area contributed by atoms with Crippen LogP contribution >= 0.6 is 23.1 Å². The molecule has 0 bridgehead atoms. The zero-order chi connectivity index (χ0) is 24.7. The molecule has 0 unspecified atom stereocenters. The van der Waals surface area contributed by atoms with Crippen molar-refractivity contribution in [2.75, 3.05) is 42.5 Å². The van der Waals surface area contributed by atoms with E-state index in [1.54, 1.807) is 6.26 Å². The lowest BCUT2D eigenvalue weighted by Crippen LogP contribution is -2.49. The van der Waals surface area contributed by atoms with Crippen LogP contribution in [0.5, 0.6) is 0 Å². The Balaban J connectivity index is 1.19. The van der Waals surface area contributed by atoms with Crippen LogP contribution in [0.2, 0.25) is 5.02 Å². The molecule has 1 saturated heterocycles. The summed E-state index contributed by atoms with van der Waals surface area (Å²) in [4.78, 5) is 24.2. The number of anilines is 2. The van der Waals surface area contributed by atoms with Crippen molar-refractivity contribution in [3.63, 3.8) is 0 Å². The molecule has 2 aromatic heterocycles. The van der Waals surface area contributed by atoms with Crippen molar-refractivity contribution in [2.24, 2.45) is 0 Å². The molecule has 5 rings (SSSR count). The Morgan fingerprint density at radius 2 is 1.86 bits per heavy atom. The molecule has 4 aromatic rings. The monoisotopic (exact) mass is 521 g/mol. The second-order valence-corrected chi connectivity index (χ2v) is 9.92. The summed E-state index contributed by atoms with van der Waals surface area (Å²) in [5, 5.41) is 1.53. The van der Waals surface area contributed by atoms with Gasteiger partial charge in [-0.1, -0.05) is 48.0 Å². The summed E-state index contributed by atoms with van der Waals surface area (Å²) in [6.45, 7) is 4.08. The van der Waals surface area contributed by atoms with Gasteiger partial charge in [0, 0.05) is 67.8 Å². The van der Waals surface area contributed by atoms with E-state index < -0.39 is 0 Å². The van der Waals surface area contributed by atoms with Crippen LogP contribution in [0, 0.1) is 0 Å². The Labute approximate surface area is 220 Å². The summed E-state index contributed by atoms with van der Waals surface area (Å²) in [5.74, 6) is 1.77. The van der Waals surface area contributed by atoms with Crippen molar-refractivity contribution in [1.82, 2.24) is 14.3 Å². The number of amides is 1. The third-order valence-corrected chi connectivity index (χ3v) is 7.31. The minimum absolute atomic E-state index is 0.152. The Hall–Kier alpha value is -3.36. The van der Waals surface area contributed by atoms with Gasteiger partial charge in [-0.05, 0) is 35.9 Å². The fourth-order valence-corrected chi connectivity index (χ4v) is 5.23. The molecule has 1 fully saturated rings. The predicted octanol–water partition coefficient (Wildman–Crippen LogP) is 5.12. The number of furan rings is 1. The Morgan fingerprint density at radius 1 is 1.03 bits per heavy atom. The molecule has 0 N–H and O–H groups in total. The number of aromatic nitrogens is 2. The van der Waals surface area contributed by atoms with E-state index in [-0.39, 0.29) is 5.91 Å². The molecule has 0 saturated carbocycles. The Morgan fingerprint density at radius 3 is 2.61 bits per heavy atom. The SMILES string of the molecule is O=C(CCN(Cc1ccco1)c1nc(Cc2ccccc2)ns1)N1CCN(c2cccc(Cl)c2)CC1. The summed E-state index contributed by atoms with van der Waals surface area (Å²) in [6.07, 6.45) is 2.76. The molecule has 0 atom stereocenters. The summed E-state index contributed by atoms with van der Waals surface area (Å²) in [5.41, 5.74) is 2.27. The van der Waals surface area contributed by atoms with E-state index in [2.05, 4.69) is 32.4 Å². The molecule has 0 spiro atoms. The molecule has 3 heterocycles. The first kappa shape index (κ1) is 24.3. The van der Waals surface area contributed by atoms with Crippen LogP contribution in [-0.4, -0.2) is 52.9 Å². The Bertz CT molecular complexity index is 1260. The number of nitrogens with zero attached hydrogens (tertiary/aromatic N) is 5. The van der Waals surface area contributed by atoms with Crippen molar-refractivity contribution >= 4 is 39.9 Å². The van der Waals surface area contributed by atoms with Crippen LogP contribution in [0.15, 0.2) is 77.4 Å². The van der Waals surface area contributed by atoms with Gasteiger partial charge in [0.15, 0.2) is 0 Å². The first-order chi connectivity index (χ1) is 17.6.